The van der Waals surface area contributed by atoms with Crippen LogP contribution in [0.15, 0.2) is 118 Å². The predicted octanol–water partition coefficient (Wildman–Crippen LogP) is 8.34. The Hall–Kier alpha value is -3.24. The molecule has 2 N–H and O–H groups in total. The third-order valence-electron chi connectivity index (χ3n) is 12.4. The Morgan fingerprint density at radius 1 is 0.867 bits per heavy atom. The first-order valence-corrected chi connectivity index (χ1v) is 17.7. The number of allylic oxidation sites excluding steroid dienone is 13. The summed E-state index contributed by atoms with van der Waals surface area (Å²) in [5.41, 5.74) is 3.86. The Morgan fingerprint density at radius 3 is 2.64 bits per heavy atom. The van der Waals surface area contributed by atoms with Gasteiger partial charge in [-0.2, -0.15) is 0 Å². The summed E-state index contributed by atoms with van der Waals surface area (Å²) in [6.45, 7) is 7.25. The molecule has 10 unspecified atom stereocenters. The quantitative estimate of drug-likeness (QED) is 0.320. The Bertz CT molecular complexity index is 1540. The molecule has 45 heavy (non-hydrogen) atoms. The SMILES string of the molecule is CC1CC(C2=NC(C3=CC4C=CC=CC4C=C3)N[C@](C)(C3=CC=C4C=CCCC4C3)N2)C=CC1C1C=CCC2CCC=NC21C. The van der Waals surface area contributed by atoms with Gasteiger partial charge in [0.2, 0.25) is 0 Å². The highest BCUT2D eigenvalue weighted by molar-refractivity contribution is 5.88. The smallest absolute Gasteiger partial charge is 0.129 e. The van der Waals surface area contributed by atoms with E-state index in [0.717, 1.165) is 25.1 Å². The van der Waals surface area contributed by atoms with Crippen LogP contribution in [-0.2, 0) is 0 Å². The summed E-state index contributed by atoms with van der Waals surface area (Å²) >= 11 is 0. The molecule has 0 saturated carbocycles. The molecule has 0 amide bonds. The van der Waals surface area contributed by atoms with E-state index in [1.165, 1.54) is 42.4 Å². The average Bonchev–Trinajstić information content (AvgIpc) is 3.07. The van der Waals surface area contributed by atoms with Gasteiger partial charge in [-0.25, -0.2) is 4.99 Å². The van der Waals surface area contributed by atoms with Gasteiger partial charge in [0.05, 0.1) is 5.54 Å². The first-order valence-electron chi connectivity index (χ1n) is 17.7. The predicted molar refractivity (Wildman–Crippen MR) is 188 cm³/mol. The zero-order valence-electron chi connectivity index (χ0n) is 27.3. The van der Waals surface area contributed by atoms with Gasteiger partial charge in [-0.1, -0.05) is 98.1 Å². The monoisotopic (exact) mass is 598 g/mol. The number of hydrogen-bond acceptors (Lipinski definition) is 4. The van der Waals surface area contributed by atoms with Gasteiger partial charge in [0.1, 0.15) is 17.7 Å². The van der Waals surface area contributed by atoms with E-state index in [0.29, 0.717) is 41.4 Å². The molecule has 0 spiro atoms. The largest absolute Gasteiger partial charge is 0.352 e. The maximum Gasteiger partial charge on any atom is 0.129 e. The van der Waals surface area contributed by atoms with Crippen molar-refractivity contribution in [2.45, 2.75) is 83.1 Å². The summed E-state index contributed by atoms with van der Waals surface area (Å²) in [5.74, 6) is 5.04. The maximum atomic E-state index is 5.48. The normalized spacial score (nSPS) is 44.6. The zero-order chi connectivity index (χ0) is 30.6. The molecule has 8 aliphatic rings. The van der Waals surface area contributed by atoms with Crippen molar-refractivity contribution >= 4 is 12.1 Å². The summed E-state index contributed by atoms with van der Waals surface area (Å²) in [4.78, 5) is 10.7. The van der Waals surface area contributed by atoms with Gasteiger partial charge in [-0.05, 0) is 105 Å². The molecule has 4 heteroatoms. The number of aliphatic imine (C=N–C) groups is 2. The van der Waals surface area contributed by atoms with Crippen LogP contribution >= 0.6 is 0 Å². The summed E-state index contributed by atoms with van der Waals surface area (Å²) in [5, 5.41) is 8.03. The van der Waals surface area contributed by atoms with Crippen LogP contribution in [-0.4, -0.2) is 29.4 Å². The van der Waals surface area contributed by atoms with Crippen molar-refractivity contribution in [2.75, 3.05) is 0 Å². The van der Waals surface area contributed by atoms with Crippen molar-refractivity contribution in [3.8, 4) is 0 Å². The Balaban J connectivity index is 1.11. The lowest BCUT2D eigenvalue weighted by molar-refractivity contribution is 0.136. The molecule has 6 aliphatic carbocycles. The van der Waals surface area contributed by atoms with E-state index in [9.17, 15) is 0 Å². The molecule has 4 nitrogen and oxygen atoms in total. The second-order valence-corrected chi connectivity index (χ2v) is 15.3. The summed E-state index contributed by atoms with van der Waals surface area (Å²) in [6, 6.07) is 0. The van der Waals surface area contributed by atoms with Crippen molar-refractivity contribution in [3.05, 3.63) is 108 Å². The number of rotatable bonds is 4. The van der Waals surface area contributed by atoms with Gasteiger partial charge in [-0.15, -0.1) is 0 Å². The van der Waals surface area contributed by atoms with Gasteiger partial charge >= 0.3 is 0 Å². The van der Waals surface area contributed by atoms with Crippen molar-refractivity contribution in [1.82, 2.24) is 10.6 Å². The number of fused-ring (bicyclic) bond motifs is 3. The molecule has 0 fully saturated rings. The number of amidine groups is 1. The second-order valence-electron chi connectivity index (χ2n) is 15.3. The fourth-order valence-corrected chi connectivity index (χ4v) is 9.62. The molecule has 0 aromatic rings. The van der Waals surface area contributed by atoms with E-state index in [1.807, 2.05) is 0 Å². The molecular weight excluding hydrogens is 548 g/mol. The molecule has 8 rings (SSSR count). The topological polar surface area (TPSA) is 48.8 Å². The Kier molecular flexibility index (Phi) is 7.48. The van der Waals surface area contributed by atoms with E-state index < -0.39 is 0 Å². The number of hydrogen-bond donors (Lipinski definition) is 2. The molecule has 0 aromatic heterocycles. The van der Waals surface area contributed by atoms with Gasteiger partial charge in [0, 0.05) is 23.7 Å². The van der Waals surface area contributed by atoms with Gasteiger partial charge in [-0.3, -0.25) is 10.3 Å². The van der Waals surface area contributed by atoms with Gasteiger partial charge < -0.3 is 5.32 Å². The van der Waals surface area contributed by atoms with E-state index >= 15 is 0 Å². The fourth-order valence-electron chi connectivity index (χ4n) is 9.62. The lowest BCUT2D eigenvalue weighted by Crippen LogP contribution is -2.66. The molecule has 0 aromatic carbocycles. The minimum absolute atomic E-state index is 0.0197. The lowest BCUT2D eigenvalue weighted by atomic mass is 9.60. The van der Waals surface area contributed by atoms with E-state index in [1.54, 1.807) is 0 Å². The molecule has 11 atom stereocenters. The van der Waals surface area contributed by atoms with Crippen molar-refractivity contribution in [1.29, 1.82) is 0 Å². The summed E-state index contributed by atoms with van der Waals surface area (Å²) in [6.07, 6.45) is 45.8. The molecule has 0 bridgehead atoms. The molecule has 2 aliphatic heterocycles. The minimum Gasteiger partial charge on any atom is -0.352 e. The lowest BCUT2D eigenvalue weighted by Gasteiger charge is -2.49. The molecule has 0 radical (unpaired) electrons. The van der Waals surface area contributed by atoms with E-state index in [-0.39, 0.29) is 23.3 Å². The highest BCUT2D eigenvalue weighted by atomic mass is 15.3. The maximum absolute atomic E-state index is 5.48. The average molecular weight is 599 g/mol. The molecular formula is C41H50N4. The molecule has 2 heterocycles. The number of nitrogens with one attached hydrogen (secondary N) is 2. The third-order valence-corrected chi connectivity index (χ3v) is 12.4. The van der Waals surface area contributed by atoms with Gasteiger partial charge in [0.15, 0.2) is 0 Å². The van der Waals surface area contributed by atoms with Crippen LogP contribution in [0.4, 0.5) is 0 Å². The fraction of sp³-hybridized carbons (Fsp3) is 0.512. The van der Waals surface area contributed by atoms with Crippen LogP contribution in [0.1, 0.15) is 65.7 Å². The number of nitrogens with zero attached hydrogens (tertiary/aromatic N) is 2. The van der Waals surface area contributed by atoms with E-state index in [2.05, 4.69) is 129 Å². The third kappa shape index (κ3) is 5.27. The van der Waals surface area contributed by atoms with Crippen LogP contribution in [0.3, 0.4) is 0 Å². The first-order chi connectivity index (χ1) is 21.9. The van der Waals surface area contributed by atoms with Crippen LogP contribution in [0.2, 0.25) is 0 Å². The molecule has 0 saturated heterocycles. The van der Waals surface area contributed by atoms with Crippen molar-refractivity contribution < 1.29 is 0 Å². The van der Waals surface area contributed by atoms with Crippen molar-refractivity contribution in [2.24, 2.45) is 57.3 Å². The second kappa shape index (κ2) is 11.5. The summed E-state index contributed by atoms with van der Waals surface area (Å²) in [7, 11) is 0. The standard InChI is InChI=1S/C41H50N4/c1-27-24-32(20-22-36(27)37-16-8-14-34-15-9-23-42-40(34,37)2)38-43-39(33-18-17-28-10-4-6-12-30(28)25-33)45-41(3,44-38)35-21-19-29-11-5-7-13-31(29)26-35/h4-6,8,10-12,16-23,25,27-28,30-32,34,36-37,39,45H,7,9,13-15,24,26H2,1-3H3,(H,43,44)/t27?,28?,30?,31?,32?,34?,36?,37?,39?,40?,41-/m1/s1. The highest BCUT2D eigenvalue weighted by Crippen LogP contribution is 2.49. The summed E-state index contributed by atoms with van der Waals surface area (Å²) < 4.78 is 0. The first kappa shape index (κ1) is 29.2. The van der Waals surface area contributed by atoms with Crippen LogP contribution in [0, 0.1) is 47.3 Å². The van der Waals surface area contributed by atoms with Crippen LogP contribution in [0.5, 0.6) is 0 Å². The highest BCUT2D eigenvalue weighted by Gasteiger charge is 2.48. The minimum atomic E-state index is -0.365. The van der Waals surface area contributed by atoms with Gasteiger partial charge in [0.25, 0.3) is 0 Å². The Morgan fingerprint density at radius 2 is 1.76 bits per heavy atom. The molecule has 234 valence electrons. The Labute approximate surface area is 270 Å². The van der Waals surface area contributed by atoms with Crippen LogP contribution in [0.25, 0.3) is 0 Å². The van der Waals surface area contributed by atoms with E-state index in [4.69, 9.17) is 9.98 Å². The van der Waals surface area contributed by atoms with Crippen LogP contribution < -0.4 is 10.6 Å². The van der Waals surface area contributed by atoms with Crippen molar-refractivity contribution in [3.63, 3.8) is 0 Å². The zero-order valence-corrected chi connectivity index (χ0v) is 27.3.